The molecule has 2 atom stereocenters. The van der Waals surface area contributed by atoms with Gasteiger partial charge in [-0.05, 0) is 76.7 Å². The van der Waals surface area contributed by atoms with Crippen LogP contribution in [0.1, 0.15) is 65.2 Å². The Kier molecular flexibility index (Phi) is 5.23. The third kappa shape index (κ3) is 3.62. The van der Waals surface area contributed by atoms with Gasteiger partial charge >= 0.3 is 0 Å². The maximum Gasteiger partial charge on any atom is 0.0685 e. The zero-order chi connectivity index (χ0) is 14.7. The number of rotatable bonds is 7. The highest BCUT2D eigenvalue weighted by Crippen LogP contribution is 2.46. The van der Waals surface area contributed by atoms with Crippen molar-refractivity contribution in [2.45, 2.75) is 83.0 Å². The molecule has 0 aromatic rings. The maximum atomic E-state index is 6.11. The Balaban J connectivity index is 1.49. The Morgan fingerprint density at radius 2 is 2.10 bits per heavy atom. The molecule has 1 N–H and O–H groups in total. The number of nitrogens with one attached hydrogen (secondary N) is 1. The highest BCUT2D eigenvalue weighted by molar-refractivity contribution is 4.97. The Hall–Kier alpha value is -0.120. The van der Waals surface area contributed by atoms with Crippen LogP contribution in [-0.4, -0.2) is 37.5 Å². The van der Waals surface area contributed by atoms with Crippen LogP contribution in [0, 0.1) is 11.8 Å². The van der Waals surface area contributed by atoms with E-state index in [9.17, 15) is 0 Å². The Morgan fingerprint density at radius 3 is 2.71 bits per heavy atom. The van der Waals surface area contributed by atoms with Crippen LogP contribution in [0.25, 0.3) is 0 Å². The summed E-state index contributed by atoms with van der Waals surface area (Å²) >= 11 is 0. The van der Waals surface area contributed by atoms with E-state index in [0.717, 1.165) is 31.6 Å². The monoisotopic (exact) mass is 295 g/mol. The fourth-order valence-corrected chi connectivity index (χ4v) is 4.63. The third-order valence-electron chi connectivity index (χ3n) is 6.01. The molecule has 0 aromatic carbocycles. The van der Waals surface area contributed by atoms with Gasteiger partial charge in [-0.1, -0.05) is 6.92 Å². The van der Waals surface area contributed by atoms with Crippen LogP contribution in [0.3, 0.4) is 0 Å². The molecule has 0 amide bonds. The summed E-state index contributed by atoms with van der Waals surface area (Å²) in [6, 6.07) is 0.698. The van der Waals surface area contributed by atoms with E-state index in [1.807, 2.05) is 0 Å². The highest BCUT2D eigenvalue weighted by Gasteiger charge is 2.45. The summed E-state index contributed by atoms with van der Waals surface area (Å²) in [7, 11) is 0. The van der Waals surface area contributed by atoms with Crippen LogP contribution in [0.2, 0.25) is 0 Å². The van der Waals surface area contributed by atoms with E-state index in [1.165, 1.54) is 51.4 Å². The molecule has 2 aliphatic carbocycles. The lowest BCUT2D eigenvalue weighted by atomic mass is 9.68. The maximum absolute atomic E-state index is 6.11. The van der Waals surface area contributed by atoms with Crippen LogP contribution < -0.4 is 5.32 Å². The van der Waals surface area contributed by atoms with E-state index in [4.69, 9.17) is 9.47 Å². The number of hydrogen-bond acceptors (Lipinski definition) is 3. The molecular formula is C18H33NO2. The molecule has 1 aliphatic heterocycles. The topological polar surface area (TPSA) is 30.5 Å². The van der Waals surface area contributed by atoms with Gasteiger partial charge in [-0.3, -0.25) is 0 Å². The smallest absolute Gasteiger partial charge is 0.0685 e. The van der Waals surface area contributed by atoms with E-state index in [0.29, 0.717) is 12.1 Å². The van der Waals surface area contributed by atoms with Gasteiger partial charge in [0.05, 0.1) is 11.7 Å². The first-order valence-electron chi connectivity index (χ1n) is 9.23. The Bertz CT molecular complexity index is 323. The first-order valence-corrected chi connectivity index (χ1v) is 9.23. The van der Waals surface area contributed by atoms with E-state index in [-0.39, 0.29) is 5.60 Å². The Labute approximate surface area is 130 Å². The van der Waals surface area contributed by atoms with Gasteiger partial charge in [0.1, 0.15) is 0 Å². The molecule has 3 fully saturated rings. The minimum Gasteiger partial charge on any atom is -0.378 e. The molecule has 21 heavy (non-hydrogen) atoms. The minimum absolute atomic E-state index is 0.282. The summed E-state index contributed by atoms with van der Waals surface area (Å²) in [5, 5.41) is 3.79. The normalized spacial score (nSPS) is 36.0. The second-order valence-electron chi connectivity index (χ2n) is 7.45. The average molecular weight is 295 g/mol. The van der Waals surface area contributed by atoms with Gasteiger partial charge in [-0.2, -0.15) is 0 Å². The van der Waals surface area contributed by atoms with Crippen molar-refractivity contribution in [3.05, 3.63) is 0 Å². The van der Waals surface area contributed by atoms with Crippen molar-refractivity contribution in [1.82, 2.24) is 5.32 Å². The summed E-state index contributed by atoms with van der Waals surface area (Å²) < 4.78 is 11.8. The molecule has 0 aromatic heterocycles. The SMILES string of the molecule is CCNC(CC1CC(OCC)C1)C1CCOC2(CCC2)C1. The molecule has 3 nitrogen and oxygen atoms in total. The van der Waals surface area contributed by atoms with Gasteiger partial charge in [0.2, 0.25) is 0 Å². The zero-order valence-corrected chi connectivity index (χ0v) is 13.9. The molecule has 2 unspecified atom stereocenters. The molecule has 1 saturated heterocycles. The summed E-state index contributed by atoms with van der Waals surface area (Å²) in [4.78, 5) is 0. The first kappa shape index (κ1) is 15.8. The minimum atomic E-state index is 0.282. The van der Waals surface area contributed by atoms with Crippen molar-refractivity contribution >= 4 is 0 Å². The summed E-state index contributed by atoms with van der Waals surface area (Å²) in [6.45, 7) is 7.30. The predicted octanol–water partition coefficient (Wildman–Crippen LogP) is 3.52. The lowest BCUT2D eigenvalue weighted by molar-refractivity contribution is -0.148. The van der Waals surface area contributed by atoms with E-state index in [1.54, 1.807) is 0 Å². The lowest BCUT2D eigenvalue weighted by Crippen LogP contribution is -2.51. The van der Waals surface area contributed by atoms with E-state index in [2.05, 4.69) is 19.2 Å². The van der Waals surface area contributed by atoms with Crippen LogP contribution in [0.5, 0.6) is 0 Å². The van der Waals surface area contributed by atoms with Crippen molar-refractivity contribution in [3.63, 3.8) is 0 Å². The summed E-state index contributed by atoms with van der Waals surface area (Å²) in [5.74, 6) is 1.70. The molecule has 3 heteroatoms. The highest BCUT2D eigenvalue weighted by atomic mass is 16.5. The van der Waals surface area contributed by atoms with Crippen LogP contribution in [0.15, 0.2) is 0 Å². The van der Waals surface area contributed by atoms with Crippen molar-refractivity contribution in [1.29, 1.82) is 0 Å². The van der Waals surface area contributed by atoms with E-state index >= 15 is 0 Å². The molecule has 2 saturated carbocycles. The molecule has 3 aliphatic rings. The van der Waals surface area contributed by atoms with Crippen LogP contribution in [-0.2, 0) is 9.47 Å². The number of hydrogen-bond donors (Lipinski definition) is 1. The van der Waals surface area contributed by atoms with Crippen LogP contribution in [0.4, 0.5) is 0 Å². The van der Waals surface area contributed by atoms with Gasteiger partial charge in [-0.15, -0.1) is 0 Å². The molecule has 0 radical (unpaired) electrons. The fraction of sp³-hybridized carbons (Fsp3) is 1.00. The molecule has 122 valence electrons. The third-order valence-corrected chi connectivity index (χ3v) is 6.01. The fourth-order valence-electron chi connectivity index (χ4n) is 4.63. The Morgan fingerprint density at radius 1 is 1.29 bits per heavy atom. The first-order chi connectivity index (χ1) is 10.2. The van der Waals surface area contributed by atoms with Gasteiger partial charge in [0.25, 0.3) is 0 Å². The predicted molar refractivity (Wildman–Crippen MR) is 85.5 cm³/mol. The van der Waals surface area contributed by atoms with E-state index < -0.39 is 0 Å². The van der Waals surface area contributed by atoms with Crippen molar-refractivity contribution in [2.75, 3.05) is 19.8 Å². The van der Waals surface area contributed by atoms with Crippen LogP contribution >= 0.6 is 0 Å². The zero-order valence-electron chi connectivity index (χ0n) is 13.9. The van der Waals surface area contributed by atoms with Crippen molar-refractivity contribution < 1.29 is 9.47 Å². The molecule has 1 heterocycles. The quantitative estimate of drug-likeness (QED) is 0.779. The summed E-state index contributed by atoms with van der Waals surface area (Å²) in [6.07, 6.45) is 11.0. The van der Waals surface area contributed by atoms with Crippen molar-refractivity contribution in [3.8, 4) is 0 Å². The molecular weight excluding hydrogens is 262 g/mol. The number of ether oxygens (including phenoxy) is 2. The average Bonchev–Trinajstić information content (AvgIpc) is 2.42. The van der Waals surface area contributed by atoms with Gasteiger partial charge in [-0.25, -0.2) is 0 Å². The second kappa shape index (κ2) is 6.97. The van der Waals surface area contributed by atoms with Gasteiger partial charge in [0, 0.05) is 19.3 Å². The molecule has 0 bridgehead atoms. The van der Waals surface area contributed by atoms with Gasteiger partial charge < -0.3 is 14.8 Å². The standard InChI is InChI=1S/C18H33NO2/c1-3-19-17(12-14-10-16(11-14)20-4-2)15-6-9-21-18(13-15)7-5-8-18/h14-17,19H,3-13H2,1-2H3. The summed E-state index contributed by atoms with van der Waals surface area (Å²) in [5.41, 5.74) is 0.282. The van der Waals surface area contributed by atoms with Crippen molar-refractivity contribution in [2.24, 2.45) is 11.8 Å². The largest absolute Gasteiger partial charge is 0.378 e. The molecule has 1 spiro atoms. The van der Waals surface area contributed by atoms with Gasteiger partial charge in [0.15, 0.2) is 0 Å². The lowest BCUT2D eigenvalue weighted by Gasteiger charge is -2.49. The molecule has 3 rings (SSSR count). The second-order valence-corrected chi connectivity index (χ2v) is 7.45.